The number of carbonyl (C=O) groups excluding carboxylic acids is 2. The maximum atomic E-state index is 12.2. The van der Waals surface area contributed by atoms with Gasteiger partial charge in [-0.05, 0) is 31.4 Å². The van der Waals surface area contributed by atoms with Gasteiger partial charge in [-0.1, -0.05) is 12.1 Å². The molecule has 0 radical (unpaired) electrons. The number of likely N-dealkylation sites (tertiary alicyclic amines) is 1. The Balaban J connectivity index is 1.74. The molecule has 7 heteroatoms. The van der Waals surface area contributed by atoms with Gasteiger partial charge in [0.15, 0.2) is 17.9 Å². The van der Waals surface area contributed by atoms with Gasteiger partial charge in [0.1, 0.15) is 5.56 Å². The Labute approximate surface area is 144 Å². The van der Waals surface area contributed by atoms with Crippen molar-refractivity contribution in [1.29, 1.82) is 0 Å². The van der Waals surface area contributed by atoms with Crippen molar-refractivity contribution in [2.75, 3.05) is 26.8 Å². The van der Waals surface area contributed by atoms with Crippen LogP contribution >= 0.6 is 0 Å². The zero-order valence-electron chi connectivity index (χ0n) is 13.9. The number of methoxy groups -OCH3 is 1. The fraction of sp³-hybridized carbons (Fsp3) is 0.389. The molecule has 25 heavy (non-hydrogen) atoms. The minimum absolute atomic E-state index is 0.243. The fourth-order valence-electron chi connectivity index (χ4n) is 2.86. The third-order valence-electron chi connectivity index (χ3n) is 4.20. The number of carbonyl (C=O) groups is 2. The van der Waals surface area contributed by atoms with Crippen molar-refractivity contribution in [2.45, 2.75) is 19.3 Å². The lowest BCUT2D eigenvalue weighted by molar-refractivity contribution is -0.135. The summed E-state index contributed by atoms with van der Waals surface area (Å²) in [6.45, 7) is 0.969. The number of esters is 1. The number of fused-ring (bicyclic) bond motifs is 1. The van der Waals surface area contributed by atoms with E-state index in [1.807, 2.05) is 0 Å². The second-order valence-electron chi connectivity index (χ2n) is 5.84. The molecule has 0 aliphatic carbocycles. The van der Waals surface area contributed by atoms with E-state index in [1.54, 1.807) is 23.1 Å². The standard InChI is InChI=1S/C18H19NO6/c1-23-14-7-5-6-12-10-13(18(22)25-16(12)14)17(21)24-11-15(20)19-8-3-2-4-9-19/h5-7,10H,2-4,8-9,11H2,1H3. The Kier molecular flexibility index (Phi) is 5.02. The fourth-order valence-corrected chi connectivity index (χ4v) is 2.86. The zero-order valence-corrected chi connectivity index (χ0v) is 13.9. The van der Waals surface area contributed by atoms with Gasteiger partial charge in [0.2, 0.25) is 0 Å². The lowest BCUT2D eigenvalue weighted by atomic mass is 10.1. The molecule has 0 saturated carbocycles. The van der Waals surface area contributed by atoms with Gasteiger partial charge in [-0.3, -0.25) is 4.79 Å². The lowest BCUT2D eigenvalue weighted by Gasteiger charge is -2.26. The monoisotopic (exact) mass is 345 g/mol. The van der Waals surface area contributed by atoms with E-state index < -0.39 is 11.6 Å². The van der Waals surface area contributed by atoms with Gasteiger partial charge in [0.05, 0.1) is 7.11 Å². The van der Waals surface area contributed by atoms with Crippen molar-refractivity contribution in [1.82, 2.24) is 4.90 Å². The maximum Gasteiger partial charge on any atom is 0.351 e. The van der Waals surface area contributed by atoms with Gasteiger partial charge in [0.25, 0.3) is 5.91 Å². The first kappa shape index (κ1) is 17.0. The quantitative estimate of drug-likeness (QED) is 0.622. The molecule has 1 saturated heterocycles. The van der Waals surface area contributed by atoms with Gasteiger partial charge >= 0.3 is 11.6 Å². The summed E-state index contributed by atoms with van der Waals surface area (Å²) >= 11 is 0. The van der Waals surface area contributed by atoms with Crippen LogP contribution in [0.2, 0.25) is 0 Å². The maximum absolute atomic E-state index is 12.2. The molecule has 2 heterocycles. The van der Waals surface area contributed by atoms with Gasteiger partial charge in [0, 0.05) is 18.5 Å². The van der Waals surface area contributed by atoms with Crippen LogP contribution < -0.4 is 10.4 Å². The average molecular weight is 345 g/mol. The molecule has 0 bridgehead atoms. The van der Waals surface area contributed by atoms with Gasteiger partial charge in [-0.2, -0.15) is 0 Å². The first-order chi connectivity index (χ1) is 12.1. The topological polar surface area (TPSA) is 86.0 Å². The summed E-state index contributed by atoms with van der Waals surface area (Å²) < 4.78 is 15.3. The van der Waals surface area contributed by atoms with Crippen molar-refractivity contribution >= 4 is 22.8 Å². The molecule has 2 aromatic rings. The summed E-state index contributed by atoms with van der Waals surface area (Å²) in [5.74, 6) is -0.724. The molecule has 7 nitrogen and oxygen atoms in total. The highest BCUT2D eigenvalue weighted by Crippen LogP contribution is 2.24. The molecule has 1 aliphatic heterocycles. The van der Waals surface area contributed by atoms with Gasteiger partial charge < -0.3 is 18.8 Å². The Morgan fingerprint density at radius 2 is 1.96 bits per heavy atom. The Morgan fingerprint density at radius 3 is 2.68 bits per heavy atom. The third kappa shape index (κ3) is 3.65. The van der Waals surface area contributed by atoms with Crippen molar-refractivity contribution < 1.29 is 23.5 Å². The minimum atomic E-state index is -0.871. The van der Waals surface area contributed by atoms with E-state index >= 15 is 0 Å². The molecule has 0 N–H and O–H groups in total. The van der Waals surface area contributed by atoms with Crippen molar-refractivity contribution in [2.24, 2.45) is 0 Å². The summed E-state index contributed by atoms with van der Waals surface area (Å²) in [7, 11) is 1.46. The van der Waals surface area contributed by atoms with Crippen LogP contribution in [0.5, 0.6) is 5.75 Å². The summed E-state index contributed by atoms with van der Waals surface area (Å²) in [6.07, 6.45) is 3.01. The Bertz CT molecular complexity index is 850. The summed E-state index contributed by atoms with van der Waals surface area (Å²) in [5, 5.41) is 0.535. The number of benzene rings is 1. The van der Waals surface area contributed by atoms with Crippen LogP contribution in [0.4, 0.5) is 0 Å². The second kappa shape index (κ2) is 7.38. The van der Waals surface area contributed by atoms with E-state index in [4.69, 9.17) is 13.9 Å². The molecule has 1 fully saturated rings. The van der Waals surface area contributed by atoms with Crippen molar-refractivity contribution in [3.8, 4) is 5.75 Å². The number of amides is 1. The van der Waals surface area contributed by atoms with E-state index in [2.05, 4.69) is 0 Å². The first-order valence-electron chi connectivity index (χ1n) is 8.16. The highest BCUT2D eigenvalue weighted by Gasteiger charge is 2.21. The minimum Gasteiger partial charge on any atom is -0.493 e. The van der Waals surface area contributed by atoms with E-state index in [9.17, 15) is 14.4 Å². The number of hydrogen-bond acceptors (Lipinski definition) is 6. The zero-order chi connectivity index (χ0) is 17.8. The highest BCUT2D eigenvalue weighted by molar-refractivity contribution is 5.95. The molecule has 1 aliphatic rings. The largest absolute Gasteiger partial charge is 0.493 e. The van der Waals surface area contributed by atoms with E-state index in [1.165, 1.54) is 13.2 Å². The number of nitrogens with zero attached hydrogens (tertiary/aromatic N) is 1. The second-order valence-corrected chi connectivity index (χ2v) is 5.84. The van der Waals surface area contributed by atoms with Crippen LogP contribution in [-0.2, 0) is 9.53 Å². The number of piperidine rings is 1. The average Bonchev–Trinajstić information content (AvgIpc) is 2.65. The van der Waals surface area contributed by atoms with Gasteiger partial charge in [-0.15, -0.1) is 0 Å². The molecule has 3 rings (SSSR count). The number of rotatable bonds is 4. The van der Waals surface area contributed by atoms with E-state index in [0.717, 1.165) is 19.3 Å². The predicted molar refractivity (Wildman–Crippen MR) is 89.7 cm³/mol. The van der Waals surface area contributed by atoms with Crippen molar-refractivity contribution in [3.05, 3.63) is 40.2 Å². The van der Waals surface area contributed by atoms with Gasteiger partial charge in [-0.25, -0.2) is 9.59 Å². The summed E-state index contributed by atoms with van der Waals surface area (Å²) in [4.78, 5) is 38.0. The molecule has 0 atom stereocenters. The SMILES string of the molecule is COc1cccc2cc(C(=O)OCC(=O)N3CCCCC3)c(=O)oc12. The van der Waals surface area contributed by atoms with Crippen LogP contribution in [0.25, 0.3) is 11.0 Å². The first-order valence-corrected chi connectivity index (χ1v) is 8.16. The van der Waals surface area contributed by atoms with Crippen LogP contribution in [0, 0.1) is 0 Å². The van der Waals surface area contributed by atoms with E-state index in [-0.39, 0.29) is 23.7 Å². The Hall–Kier alpha value is -2.83. The molecular weight excluding hydrogens is 326 g/mol. The molecule has 1 amide bonds. The lowest BCUT2D eigenvalue weighted by Crippen LogP contribution is -2.38. The molecule has 1 aromatic heterocycles. The Morgan fingerprint density at radius 1 is 1.20 bits per heavy atom. The molecular formula is C18H19NO6. The molecule has 132 valence electrons. The van der Waals surface area contributed by atoms with E-state index in [0.29, 0.717) is 24.2 Å². The number of ether oxygens (including phenoxy) is 2. The van der Waals surface area contributed by atoms with Crippen LogP contribution in [0.15, 0.2) is 33.5 Å². The van der Waals surface area contributed by atoms with Crippen LogP contribution in [0.3, 0.4) is 0 Å². The van der Waals surface area contributed by atoms with Crippen molar-refractivity contribution in [3.63, 3.8) is 0 Å². The third-order valence-corrected chi connectivity index (χ3v) is 4.20. The number of para-hydroxylation sites is 1. The molecule has 0 unspecified atom stereocenters. The van der Waals surface area contributed by atoms with Crippen LogP contribution in [-0.4, -0.2) is 43.6 Å². The molecule has 0 spiro atoms. The summed E-state index contributed by atoms with van der Waals surface area (Å²) in [6, 6.07) is 6.45. The smallest absolute Gasteiger partial charge is 0.351 e. The summed E-state index contributed by atoms with van der Waals surface area (Å²) in [5.41, 5.74) is -0.810. The molecule has 1 aromatic carbocycles. The highest BCUT2D eigenvalue weighted by atomic mass is 16.5. The normalized spacial score (nSPS) is 14.4. The van der Waals surface area contributed by atoms with Crippen LogP contribution in [0.1, 0.15) is 29.6 Å². The predicted octanol–water partition coefficient (Wildman–Crippen LogP) is 1.97. The number of hydrogen-bond donors (Lipinski definition) is 0.